The van der Waals surface area contributed by atoms with Crippen LogP contribution < -0.4 is 10.5 Å². The van der Waals surface area contributed by atoms with Crippen molar-refractivity contribution < 1.29 is 9.13 Å². The molecule has 20 heavy (non-hydrogen) atoms. The molecule has 0 fully saturated rings. The molecule has 2 aromatic rings. The summed E-state index contributed by atoms with van der Waals surface area (Å²) in [6.07, 6.45) is 3.76. The molecule has 2 atom stereocenters. The minimum Gasteiger partial charge on any atom is -0.494 e. The van der Waals surface area contributed by atoms with Gasteiger partial charge in [-0.1, -0.05) is 0 Å². The van der Waals surface area contributed by atoms with Crippen molar-refractivity contribution in [2.45, 2.75) is 31.8 Å². The Morgan fingerprint density at radius 2 is 2.25 bits per heavy atom. The van der Waals surface area contributed by atoms with Crippen molar-refractivity contribution in [3.8, 4) is 17.0 Å². The fourth-order valence-electron chi connectivity index (χ4n) is 2.68. The number of benzene rings is 1. The second kappa shape index (κ2) is 4.90. The lowest BCUT2D eigenvalue weighted by molar-refractivity contribution is 0.368. The quantitative estimate of drug-likeness (QED) is 0.916. The third-order valence-corrected chi connectivity index (χ3v) is 4.02. The van der Waals surface area contributed by atoms with Crippen molar-refractivity contribution in [1.29, 1.82) is 0 Å². The second-order valence-corrected chi connectivity index (χ2v) is 5.24. The highest BCUT2D eigenvalue weighted by molar-refractivity contribution is 5.60. The van der Waals surface area contributed by atoms with Crippen LogP contribution in [-0.2, 0) is 6.42 Å². The van der Waals surface area contributed by atoms with E-state index in [1.165, 1.54) is 13.2 Å². The number of imidazole rings is 1. The van der Waals surface area contributed by atoms with Gasteiger partial charge >= 0.3 is 0 Å². The van der Waals surface area contributed by atoms with Crippen molar-refractivity contribution in [3.05, 3.63) is 36.0 Å². The highest BCUT2D eigenvalue weighted by Crippen LogP contribution is 2.29. The number of hydrogen-bond donors (Lipinski definition) is 1. The summed E-state index contributed by atoms with van der Waals surface area (Å²) in [7, 11) is 1.45. The van der Waals surface area contributed by atoms with E-state index in [9.17, 15) is 4.39 Å². The van der Waals surface area contributed by atoms with Crippen molar-refractivity contribution >= 4 is 0 Å². The summed E-state index contributed by atoms with van der Waals surface area (Å²) in [5.74, 6) is 0.888. The molecular weight excluding hydrogens is 257 g/mol. The summed E-state index contributed by atoms with van der Waals surface area (Å²) < 4.78 is 20.8. The fraction of sp³-hybridized carbons (Fsp3) is 0.400. The van der Waals surface area contributed by atoms with E-state index >= 15 is 0 Å². The van der Waals surface area contributed by atoms with Gasteiger partial charge in [0.05, 0.1) is 12.8 Å². The molecule has 1 aromatic carbocycles. The van der Waals surface area contributed by atoms with Crippen LogP contribution in [0.5, 0.6) is 5.75 Å². The summed E-state index contributed by atoms with van der Waals surface area (Å²) in [5.41, 5.74) is 7.61. The van der Waals surface area contributed by atoms with Gasteiger partial charge in [0.2, 0.25) is 0 Å². The monoisotopic (exact) mass is 275 g/mol. The second-order valence-electron chi connectivity index (χ2n) is 5.24. The van der Waals surface area contributed by atoms with Crippen LogP contribution in [0.25, 0.3) is 11.3 Å². The van der Waals surface area contributed by atoms with Crippen LogP contribution in [0.2, 0.25) is 0 Å². The average molecular weight is 275 g/mol. The molecule has 4 nitrogen and oxygen atoms in total. The van der Waals surface area contributed by atoms with E-state index in [1.54, 1.807) is 6.07 Å². The molecule has 0 bridgehead atoms. The number of rotatable bonds is 2. The van der Waals surface area contributed by atoms with Crippen LogP contribution in [-0.4, -0.2) is 22.7 Å². The van der Waals surface area contributed by atoms with Crippen LogP contribution in [0.1, 0.15) is 25.2 Å². The van der Waals surface area contributed by atoms with Crippen molar-refractivity contribution in [2.24, 2.45) is 5.73 Å². The summed E-state index contributed by atoms with van der Waals surface area (Å²) in [6, 6.07) is 5.27. The number of ether oxygens (including phenoxy) is 1. The Balaban J connectivity index is 2.00. The average Bonchev–Trinajstić information content (AvgIpc) is 2.88. The van der Waals surface area contributed by atoms with Gasteiger partial charge in [-0.2, -0.15) is 0 Å². The smallest absolute Gasteiger partial charge is 0.165 e. The van der Waals surface area contributed by atoms with Crippen LogP contribution in [0.15, 0.2) is 24.4 Å². The third-order valence-electron chi connectivity index (χ3n) is 4.02. The highest BCUT2D eigenvalue weighted by Gasteiger charge is 2.24. The third kappa shape index (κ3) is 2.08. The van der Waals surface area contributed by atoms with Gasteiger partial charge in [-0.3, -0.25) is 0 Å². The number of hydrogen-bond acceptors (Lipinski definition) is 3. The molecule has 0 saturated carbocycles. The molecule has 1 aliphatic rings. The molecule has 2 heterocycles. The van der Waals surface area contributed by atoms with E-state index in [0.29, 0.717) is 0 Å². The first-order valence-electron chi connectivity index (χ1n) is 6.77. The number of aryl methyl sites for hydroxylation is 1. The summed E-state index contributed by atoms with van der Waals surface area (Å²) in [5, 5.41) is 0. The molecule has 3 rings (SSSR count). The summed E-state index contributed by atoms with van der Waals surface area (Å²) in [4.78, 5) is 4.60. The number of fused-ring (bicyclic) bond motifs is 1. The number of methoxy groups -OCH3 is 1. The largest absolute Gasteiger partial charge is 0.494 e. The lowest BCUT2D eigenvalue weighted by atomic mass is 10.0. The van der Waals surface area contributed by atoms with E-state index in [4.69, 9.17) is 10.5 Å². The van der Waals surface area contributed by atoms with Crippen molar-refractivity contribution in [2.75, 3.05) is 7.11 Å². The number of nitrogens with two attached hydrogens (primary N) is 1. The van der Waals surface area contributed by atoms with Crippen LogP contribution >= 0.6 is 0 Å². The zero-order chi connectivity index (χ0) is 14.3. The molecule has 2 N–H and O–H groups in total. The molecule has 1 aromatic heterocycles. The molecular formula is C15H18FN3O. The lowest BCUT2D eigenvalue weighted by Gasteiger charge is -2.27. The summed E-state index contributed by atoms with van der Waals surface area (Å²) in [6.45, 7) is 2.09. The Kier molecular flexibility index (Phi) is 3.22. The Hall–Kier alpha value is -1.88. The molecule has 0 aliphatic carbocycles. The van der Waals surface area contributed by atoms with Gasteiger partial charge in [-0.25, -0.2) is 9.37 Å². The summed E-state index contributed by atoms with van der Waals surface area (Å²) >= 11 is 0. The molecule has 5 heteroatoms. The first-order valence-corrected chi connectivity index (χ1v) is 6.77. The van der Waals surface area contributed by atoms with Crippen LogP contribution in [0, 0.1) is 5.82 Å². The highest BCUT2D eigenvalue weighted by atomic mass is 19.1. The molecule has 0 saturated heterocycles. The molecule has 2 unspecified atom stereocenters. The van der Waals surface area contributed by atoms with E-state index < -0.39 is 0 Å². The Morgan fingerprint density at radius 3 is 2.95 bits per heavy atom. The lowest BCUT2D eigenvalue weighted by Crippen LogP contribution is -2.35. The first kappa shape index (κ1) is 13.1. The fourth-order valence-corrected chi connectivity index (χ4v) is 2.68. The topological polar surface area (TPSA) is 53.1 Å². The molecule has 106 valence electrons. The standard InChI is InChI=1S/C15H18FN3O/c1-9-12(17)4-6-15-18-13(8-19(9)15)10-3-5-14(20-2)11(16)7-10/h3,5,7-9,12H,4,6,17H2,1-2H3. The zero-order valence-electron chi connectivity index (χ0n) is 11.6. The van der Waals surface area contributed by atoms with E-state index in [1.807, 2.05) is 12.3 Å². The minimum absolute atomic E-state index is 0.150. The van der Waals surface area contributed by atoms with Crippen molar-refractivity contribution in [1.82, 2.24) is 9.55 Å². The van der Waals surface area contributed by atoms with Gasteiger partial charge in [0.25, 0.3) is 0 Å². The van der Waals surface area contributed by atoms with Gasteiger partial charge in [0.15, 0.2) is 11.6 Å². The maximum atomic E-state index is 13.8. The zero-order valence-corrected chi connectivity index (χ0v) is 11.6. The van der Waals surface area contributed by atoms with Crippen LogP contribution in [0.4, 0.5) is 4.39 Å². The van der Waals surface area contributed by atoms with Gasteiger partial charge in [-0.05, 0) is 31.5 Å². The Labute approximate surface area is 117 Å². The molecule has 0 spiro atoms. The first-order chi connectivity index (χ1) is 9.60. The Morgan fingerprint density at radius 1 is 1.45 bits per heavy atom. The normalized spacial score (nSPS) is 21.6. The molecule has 1 aliphatic heterocycles. The van der Waals surface area contributed by atoms with Gasteiger partial charge in [0, 0.05) is 30.3 Å². The number of nitrogens with zero attached hydrogens (tertiary/aromatic N) is 2. The number of halogens is 1. The predicted octanol–water partition coefficient (Wildman–Crippen LogP) is 2.53. The maximum Gasteiger partial charge on any atom is 0.165 e. The SMILES string of the molecule is COc1ccc(-c2cn3c(n2)CCC(N)C3C)cc1F. The van der Waals surface area contributed by atoms with Gasteiger partial charge in [-0.15, -0.1) is 0 Å². The maximum absolute atomic E-state index is 13.8. The van der Waals surface area contributed by atoms with E-state index in [-0.39, 0.29) is 23.7 Å². The van der Waals surface area contributed by atoms with Gasteiger partial charge in [0.1, 0.15) is 5.82 Å². The van der Waals surface area contributed by atoms with Crippen molar-refractivity contribution in [3.63, 3.8) is 0 Å². The number of aromatic nitrogens is 2. The molecule has 0 amide bonds. The van der Waals surface area contributed by atoms with Gasteiger partial charge < -0.3 is 15.0 Å². The minimum atomic E-state index is -0.374. The van der Waals surface area contributed by atoms with Crippen LogP contribution in [0.3, 0.4) is 0 Å². The van der Waals surface area contributed by atoms with E-state index in [0.717, 1.165) is 29.9 Å². The van der Waals surface area contributed by atoms with E-state index in [2.05, 4.69) is 16.5 Å². The Bertz CT molecular complexity index is 638. The molecule has 0 radical (unpaired) electrons. The predicted molar refractivity (Wildman–Crippen MR) is 75.2 cm³/mol.